The van der Waals surface area contributed by atoms with Gasteiger partial charge in [-0.15, -0.1) is 0 Å². The van der Waals surface area contributed by atoms with E-state index in [2.05, 4.69) is 37.0 Å². The van der Waals surface area contributed by atoms with E-state index in [4.69, 9.17) is 26.6 Å². The molecule has 0 aliphatic heterocycles. The Morgan fingerprint density at radius 1 is 1.25 bits per heavy atom. The van der Waals surface area contributed by atoms with E-state index >= 15 is 0 Å². The van der Waals surface area contributed by atoms with Gasteiger partial charge in [0.2, 0.25) is 0 Å². The average Bonchev–Trinajstić information content (AvgIpc) is 2.79. The number of hydrogen-bond donors (Lipinski definition) is 0. The van der Waals surface area contributed by atoms with E-state index in [0.29, 0.717) is 37.5 Å². The lowest BCUT2D eigenvalue weighted by molar-refractivity contribution is 0.366. The summed E-state index contributed by atoms with van der Waals surface area (Å²) in [6, 6.07) is 10.9. The van der Waals surface area contributed by atoms with Gasteiger partial charge in [-0.3, -0.25) is 4.79 Å². The zero-order valence-corrected chi connectivity index (χ0v) is 21.0. The summed E-state index contributed by atoms with van der Waals surface area (Å²) in [5.74, 6) is 1.28. The molecule has 1 heterocycles. The van der Waals surface area contributed by atoms with E-state index in [0.717, 1.165) is 30.2 Å². The minimum absolute atomic E-state index is 0.107. The molecule has 0 amide bonds. The van der Waals surface area contributed by atoms with E-state index in [9.17, 15) is 4.79 Å². The topological polar surface area (TPSA) is 80.3 Å². The summed E-state index contributed by atoms with van der Waals surface area (Å²) in [5, 5.41) is 14.1. The number of rotatable bonds is 5. The first kappa shape index (κ1) is 23.0. The normalized spacial score (nSPS) is 14.7. The fourth-order valence-electron chi connectivity index (χ4n) is 3.92. The molecule has 1 saturated carbocycles. The molecule has 1 fully saturated rings. The van der Waals surface area contributed by atoms with Crippen LogP contribution in [0.4, 0.5) is 0 Å². The number of aromatic nitrogens is 2. The van der Waals surface area contributed by atoms with Crippen molar-refractivity contribution >= 4 is 60.6 Å². The van der Waals surface area contributed by atoms with Crippen molar-refractivity contribution in [1.82, 2.24) is 9.66 Å². The fourth-order valence-corrected chi connectivity index (χ4v) is 5.27. The van der Waals surface area contributed by atoms with Gasteiger partial charge < -0.3 is 4.74 Å². The summed E-state index contributed by atoms with van der Waals surface area (Å²) in [5.41, 5.74) is 1.16. The van der Waals surface area contributed by atoms with Crippen LogP contribution in [-0.4, -0.2) is 22.5 Å². The van der Waals surface area contributed by atoms with E-state index in [1.54, 1.807) is 24.4 Å². The molecule has 32 heavy (non-hydrogen) atoms. The SMILES string of the molecule is N#CCOc1c(Cl)cc(C=Nn2c(C3CCCCC3)nc3ccc(Br)cc3c2=O)cc1Br. The van der Waals surface area contributed by atoms with Crippen LogP contribution in [0.25, 0.3) is 10.9 Å². The standard InChI is InChI=1S/C23H19Br2ClN4O2/c24-16-6-7-20-17(12-16)23(31)30(22(29-20)15-4-2-1-3-5-15)28-13-14-10-18(25)21(19(26)11-14)32-9-8-27/h6-7,10-13,15H,1-5,9H2. The molecule has 3 aromatic rings. The van der Waals surface area contributed by atoms with Crippen molar-refractivity contribution in [2.75, 3.05) is 6.61 Å². The molecule has 0 bridgehead atoms. The maximum atomic E-state index is 13.4. The quantitative estimate of drug-likeness (QED) is 0.328. The smallest absolute Gasteiger partial charge is 0.282 e. The minimum atomic E-state index is -0.202. The van der Waals surface area contributed by atoms with Gasteiger partial charge in [0.1, 0.15) is 11.9 Å². The monoisotopic (exact) mass is 576 g/mol. The van der Waals surface area contributed by atoms with E-state index in [-0.39, 0.29) is 18.1 Å². The van der Waals surface area contributed by atoms with Crippen LogP contribution >= 0.6 is 43.5 Å². The van der Waals surface area contributed by atoms with Crippen molar-refractivity contribution in [1.29, 1.82) is 5.26 Å². The average molecular weight is 579 g/mol. The molecule has 1 aliphatic carbocycles. The zero-order chi connectivity index (χ0) is 22.7. The highest BCUT2D eigenvalue weighted by Gasteiger charge is 2.22. The molecule has 0 atom stereocenters. The number of halogens is 3. The van der Waals surface area contributed by atoms with Crippen molar-refractivity contribution in [3.8, 4) is 11.8 Å². The molecule has 0 saturated heterocycles. The molecular formula is C23H19Br2ClN4O2. The summed E-state index contributed by atoms with van der Waals surface area (Å²) >= 11 is 13.2. The van der Waals surface area contributed by atoms with Gasteiger partial charge in [-0.2, -0.15) is 15.0 Å². The molecule has 164 valence electrons. The lowest BCUT2D eigenvalue weighted by Gasteiger charge is -2.22. The lowest BCUT2D eigenvalue weighted by atomic mass is 9.88. The molecule has 9 heteroatoms. The molecule has 4 rings (SSSR count). The Kier molecular flexibility index (Phi) is 7.29. The molecule has 1 aromatic heterocycles. The van der Waals surface area contributed by atoms with Gasteiger partial charge in [0.25, 0.3) is 5.56 Å². The number of hydrogen-bond acceptors (Lipinski definition) is 5. The van der Waals surface area contributed by atoms with Gasteiger partial charge in [0, 0.05) is 10.4 Å². The van der Waals surface area contributed by atoms with Crippen molar-refractivity contribution in [2.24, 2.45) is 5.10 Å². The first-order valence-corrected chi connectivity index (χ1v) is 12.2. The second-order valence-electron chi connectivity index (χ2n) is 7.59. The largest absolute Gasteiger partial charge is 0.476 e. The molecular weight excluding hydrogens is 560 g/mol. The Bertz CT molecular complexity index is 1270. The van der Waals surface area contributed by atoms with E-state index < -0.39 is 0 Å². The lowest BCUT2D eigenvalue weighted by Crippen LogP contribution is -2.25. The van der Waals surface area contributed by atoms with Crippen molar-refractivity contribution in [3.63, 3.8) is 0 Å². The maximum Gasteiger partial charge on any atom is 0.282 e. The number of nitriles is 1. The highest BCUT2D eigenvalue weighted by Crippen LogP contribution is 2.34. The Balaban J connectivity index is 1.79. The Morgan fingerprint density at radius 2 is 2.03 bits per heavy atom. The van der Waals surface area contributed by atoms with Crippen molar-refractivity contribution in [3.05, 3.63) is 66.0 Å². The third-order valence-corrected chi connectivity index (χ3v) is 6.79. The van der Waals surface area contributed by atoms with Crippen molar-refractivity contribution in [2.45, 2.75) is 38.0 Å². The third-order valence-electron chi connectivity index (χ3n) is 5.43. The predicted octanol–water partition coefficient (Wildman–Crippen LogP) is 6.41. The molecule has 1 aliphatic rings. The second-order valence-corrected chi connectivity index (χ2v) is 9.77. The summed E-state index contributed by atoms with van der Waals surface area (Å²) < 4.78 is 8.19. The summed E-state index contributed by atoms with van der Waals surface area (Å²) in [6.45, 7) is -0.107. The Hall–Kier alpha value is -2.21. The molecule has 6 nitrogen and oxygen atoms in total. The molecule has 0 radical (unpaired) electrons. The van der Waals surface area contributed by atoms with Gasteiger partial charge in [-0.1, -0.05) is 46.8 Å². The summed E-state index contributed by atoms with van der Waals surface area (Å²) in [6.07, 6.45) is 7.02. The highest BCUT2D eigenvalue weighted by molar-refractivity contribution is 9.10. The summed E-state index contributed by atoms with van der Waals surface area (Å²) in [4.78, 5) is 18.2. The molecule has 2 aromatic carbocycles. The first-order chi connectivity index (χ1) is 15.5. The zero-order valence-electron chi connectivity index (χ0n) is 17.0. The van der Waals surface area contributed by atoms with Crippen LogP contribution in [0.3, 0.4) is 0 Å². The fraction of sp³-hybridized carbons (Fsp3) is 0.304. The minimum Gasteiger partial charge on any atom is -0.476 e. The van der Waals surface area contributed by atoms with Crippen LogP contribution < -0.4 is 10.3 Å². The Morgan fingerprint density at radius 3 is 2.75 bits per heavy atom. The van der Waals surface area contributed by atoms with Crippen LogP contribution in [0.2, 0.25) is 5.02 Å². The van der Waals surface area contributed by atoms with Crippen LogP contribution in [0.1, 0.15) is 49.4 Å². The van der Waals surface area contributed by atoms with Crippen LogP contribution in [-0.2, 0) is 0 Å². The number of fused-ring (bicyclic) bond motifs is 1. The number of ether oxygens (including phenoxy) is 1. The van der Waals surface area contributed by atoms with Gasteiger partial charge in [-0.05, 0) is 64.7 Å². The second kappa shape index (κ2) is 10.2. The van der Waals surface area contributed by atoms with Gasteiger partial charge in [0.05, 0.1) is 26.6 Å². The van der Waals surface area contributed by atoms with Crippen LogP contribution in [0.5, 0.6) is 5.75 Å². The molecule has 0 N–H and O–H groups in total. The number of benzene rings is 2. The van der Waals surface area contributed by atoms with Crippen LogP contribution in [0.15, 0.2) is 49.2 Å². The van der Waals surface area contributed by atoms with Gasteiger partial charge in [0.15, 0.2) is 12.4 Å². The predicted molar refractivity (Wildman–Crippen MR) is 133 cm³/mol. The molecule has 0 unspecified atom stereocenters. The molecule has 0 spiro atoms. The maximum absolute atomic E-state index is 13.4. The first-order valence-electron chi connectivity index (χ1n) is 10.2. The van der Waals surface area contributed by atoms with E-state index in [1.165, 1.54) is 11.1 Å². The van der Waals surface area contributed by atoms with Gasteiger partial charge >= 0.3 is 0 Å². The number of nitrogens with zero attached hydrogens (tertiary/aromatic N) is 4. The van der Waals surface area contributed by atoms with E-state index in [1.807, 2.05) is 18.2 Å². The highest BCUT2D eigenvalue weighted by atomic mass is 79.9. The third kappa shape index (κ3) is 4.90. The Labute approximate surface area is 207 Å². The van der Waals surface area contributed by atoms with Crippen molar-refractivity contribution < 1.29 is 4.74 Å². The van der Waals surface area contributed by atoms with Gasteiger partial charge in [-0.25, -0.2) is 4.98 Å². The van der Waals surface area contributed by atoms with Crippen LogP contribution in [0, 0.1) is 11.3 Å². The summed E-state index contributed by atoms with van der Waals surface area (Å²) in [7, 11) is 0.